The van der Waals surface area contributed by atoms with Crippen LogP contribution < -0.4 is 14.4 Å². The molecule has 26 heavy (non-hydrogen) atoms. The molecule has 0 radical (unpaired) electrons. The minimum Gasteiger partial charge on any atom is -0.495 e. The van der Waals surface area contributed by atoms with Crippen LogP contribution in [0, 0.1) is 5.92 Å². The van der Waals surface area contributed by atoms with E-state index < -0.39 is 27.8 Å². The van der Waals surface area contributed by atoms with Gasteiger partial charge in [0.15, 0.2) is 0 Å². The Bertz CT molecular complexity index is 971. The Hall–Kier alpha value is -2.87. The van der Waals surface area contributed by atoms with Gasteiger partial charge < -0.3 is 10.1 Å². The standard InChI is InChI=1S/C18H18N2O5S/c1-12-11-26(23,24)20(18(12)22)14-7-5-6-13(10-14)17(21)19-15-8-3-4-9-16(15)25-2/h3-10,12H,11H2,1-2H3,(H,19,21). The largest absolute Gasteiger partial charge is 0.495 e. The van der Waals surface area contributed by atoms with E-state index in [-0.39, 0.29) is 17.0 Å². The topological polar surface area (TPSA) is 92.8 Å². The summed E-state index contributed by atoms with van der Waals surface area (Å²) in [5.74, 6) is -1.27. The summed E-state index contributed by atoms with van der Waals surface area (Å²) >= 11 is 0. The number of hydrogen-bond acceptors (Lipinski definition) is 5. The number of ether oxygens (including phenoxy) is 1. The van der Waals surface area contributed by atoms with Crippen LogP contribution in [0.3, 0.4) is 0 Å². The molecule has 0 aromatic heterocycles. The molecule has 8 heteroatoms. The second-order valence-corrected chi connectivity index (χ2v) is 7.85. The van der Waals surface area contributed by atoms with Crippen molar-refractivity contribution in [3.05, 3.63) is 54.1 Å². The Balaban J connectivity index is 1.90. The Morgan fingerprint density at radius 1 is 1.19 bits per heavy atom. The molecule has 0 bridgehead atoms. The summed E-state index contributed by atoms with van der Waals surface area (Å²) in [6.07, 6.45) is 0. The highest BCUT2D eigenvalue weighted by Crippen LogP contribution is 2.29. The van der Waals surface area contributed by atoms with E-state index >= 15 is 0 Å². The van der Waals surface area contributed by atoms with Crippen LogP contribution >= 0.6 is 0 Å². The maximum Gasteiger partial charge on any atom is 0.255 e. The van der Waals surface area contributed by atoms with Gasteiger partial charge in [0.2, 0.25) is 15.9 Å². The number of methoxy groups -OCH3 is 1. The molecule has 0 aliphatic carbocycles. The maximum absolute atomic E-state index is 12.5. The summed E-state index contributed by atoms with van der Waals surface area (Å²) in [6, 6.07) is 12.9. The average Bonchev–Trinajstić information content (AvgIpc) is 2.82. The molecular weight excluding hydrogens is 356 g/mol. The van der Waals surface area contributed by atoms with Crippen molar-refractivity contribution in [2.45, 2.75) is 6.92 Å². The fourth-order valence-electron chi connectivity index (χ4n) is 2.80. The van der Waals surface area contributed by atoms with E-state index in [0.717, 1.165) is 4.31 Å². The summed E-state index contributed by atoms with van der Waals surface area (Å²) in [5, 5.41) is 2.72. The van der Waals surface area contributed by atoms with Crippen molar-refractivity contribution in [2.75, 3.05) is 22.5 Å². The lowest BCUT2D eigenvalue weighted by Crippen LogP contribution is -2.30. The Morgan fingerprint density at radius 2 is 1.92 bits per heavy atom. The molecule has 1 fully saturated rings. The second kappa shape index (κ2) is 6.80. The highest BCUT2D eigenvalue weighted by molar-refractivity contribution is 7.94. The zero-order chi connectivity index (χ0) is 18.9. The van der Waals surface area contributed by atoms with Crippen LogP contribution in [0.5, 0.6) is 5.75 Å². The molecule has 1 atom stereocenters. The lowest BCUT2D eigenvalue weighted by Gasteiger charge is -2.16. The molecule has 1 unspecified atom stereocenters. The van der Waals surface area contributed by atoms with Gasteiger partial charge >= 0.3 is 0 Å². The quantitative estimate of drug-likeness (QED) is 0.886. The molecule has 1 heterocycles. The average molecular weight is 374 g/mol. The van der Waals surface area contributed by atoms with Crippen molar-refractivity contribution in [3.63, 3.8) is 0 Å². The van der Waals surface area contributed by atoms with Crippen LogP contribution in [-0.4, -0.2) is 33.1 Å². The van der Waals surface area contributed by atoms with Gasteiger partial charge in [-0.1, -0.05) is 25.1 Å². The summed E-state index contributed by atoms with van der Waals surface area (Å²) < 4.78 is 30.4. The first-order valence-electron chi connectivity index (χ1n) is 7.95. The molecule has 2 aromatic rings. The number of amides is 2. The van der Waals surface area contributed by atoms with Gasteiger partial charge in [-0.2, -0.15) is 0 Å². The van der Waals surface area contributed by atoms with Gasteiger partial charge in [-0.25, -0.2) is 12.7 Å². The van der Waals surface area contributed by atoms with Crippen molar-refractivity contribution in [2.24, 2.45) is 5.92 Å². The highest BCUT2D eigenvalue weighted by atomic mass is 32.2. The van der Waals surface area contributed by atoms with E-state index in [4.69, 9.17) is 4.74 Å². The Morgan fingerprint density at radius 3 is 2.58 bits per heavy atom. The smallest absolute Gasteiger partial charge is 0.255 e. The van der Waals surface area contributed by atoms with Crippen LogP contribution in [-0.2, 0) is 14.8 Å². The summed E-state index contributed by atoms with van der Waals surface area (Å²) in [7, 11) is -2.22. The van der Waals surface area contributed by atoms with Gasteiger partial charge in [0, 0.05) is 5.56 Å². The van der Waals surface area contributed by atoms with Crippen LogP contribution in [0.25, 0.3) is 0 Å². The summed E-state index contributed by atoms with van der Waals surface area (Å²) in [5.41, 5.74) is 0.881. The van der Waals surface area contributed by atoms with Crippen LogP contribution in [0.15, 0.2) is 48.5 Å². The predicted octanol–water partition coefficient (Wildman–Crippen LogP) is 2.26. The molecule has 136 valence electrons. The summed E-state index contributed by atoms with van der Waals surface area (Å²) in [6.45, 7) is 1.57. The number of carbonyl (C=O) groups is 2. The van der Waals surface area contributed by atoms with Crippen molar-refractivity contribution in [1.82, 2.24) is 0 Å². The van der Waals surface area contributed by atoms with Crippen LogP contribution in [0.1, 0.15) is 17.3 Å². The van der Waals surface area contributed by atoms with Crippen molar-refractivity contribution in [1.29, 1.82) is 0 Å². The Labute approximate surface area is 151 Å². The zero-order valence-electron chi connectivity index (χ0n) is 14.3. The maximum atomic E-state index is 12.5. The third kappa shape index (κ3) is 3.28. The highest BCUT2D eigenvalue weighted by Gasteiger charge is 2.42. The molecule has 0 saturated carbocycles. The number of para-hydroxylation sites is 2. The van der Waals surface area contributed by atoms with Crippen molar-refractivity contribution >= 4 is 33.2 Å². The molecule has 7 nitrogen and oxygen atoms in total. The molecule has 1 aliphatic heterocycles. The second-order valence-electron chi connectivity index (χ2n) is 5.99. The number of sulfonamides is 1. The molecule has 0 spiro atoms. The van der Waals surface area contributed by atoms with E-state index in [1.807, 2.05) is 0 Å². The van der Waals surface area contributed by atoms with Crippen LogP contribution in [0.4, 0.5) is 11.4 Å². The minimum atomic E-state index is -3.72. The van der Waals surface area contributed by atoms with E-state index in [1.165, 1.54) is 25.3 Å². The molecule has 2 aromatic carbocycles. The van der Waals surface area contributed by atoms with Gasteiger partial charge in [0.1, 0.15) is 5.75 Å². The molecule has 1 aliphatic rings. The fourth-order valence-corrected chi connectivity index (χ4v) is 4.62. The fraction of sp³-hybridized carbons (Fsp3) is 0.222. The summed E-state index contributed by atoms with van der Waals surface area (Å²) in [4.78, 5) is 24.7. The van der Waals surface area contributed by atoms with Gasteiger partial charge in [-0.3, -0.25) is 9.59 Å². The monoisotopic (exact) mass is 374 g/mol. The van der Waals surface area contributed by atoms with Gasteiger partial charge in [0.25, 0.3) is 5.91 Å². The van der Waals surface area contributed by atoms with E-state index in [1.54, 1.807) is 37.3 Å². The first-order valence-corrected chi connectivity index (χ1v) is 9.55. The SMILES string of the molecule is COc1ccccc1NC(=O)c1cccc(N2C(=O)C(C)CS2(=O)=O)c1. The lowest BCUT2D eigenvalue weighted by molar-refractivity contribution is -0.119. The first-order chi connectivity index (χ1) is 12.3. The van der Waals surface area contributed by atoms with E-state index in [2.05, 4.69) is 5.32 Å². The number of nitrogens with zero attached hydrogens (tertiary/aromatic N) is 1. The molecular formula is C18H18N2O5S. The number of anilines is 2. The van der Waals surface area contributed by atoms with Gasteiger partial charge in [-0.05, 0) is 30.3 Å². The van der Waals surface area contributed by atoms with Crippen molar-refractivity contribution < 1.29 is 22.7 Å². The first kappa shape index (κ1) is 17.9. The van der Waals surface area contributed by atoms with E-state index in [0.29, 0.717) is 11.4 Å². The van der Waals surface area contributed by atoms with E-state index in [9.17, 15) is 18.0 Å². The normalized spacial score (nSPS) is 18.6. The van der Waals surface area contributed by atoms with Crippen LogP contribution in [0.2, 0.25) is 0 Å². The number of carbonyl (C=O) groups excluding carboxylic acids is 2. The van der Waals surface area contributed by atoms with Gasteiger partial charge in [-0.15, -0.1) is 0 Å². The number of hydrogen-bond donors (Lipinski definition) is 1. The third-order valence-electron chi connectivity index (χ3n) is 4.06. The number of benzene rings is 2. The molecule has 1 N–H and O–H groups in total. The van der Waals surface area contributed by atoms with Crippen molar-refractivity contribution in [3.8, 4) is 5.75 Å². The third-order valence-corrected chi connectivity index (χ3v) is 5.93. The number of nitrogens with one attached hydrogen (secondary N) is 1. The molecule has 1 saturated heterocycles. The Kier molecular flexibility index (Phi) is 4.69. The number of rotatable bonds is 4. The molecule has 3 rings (SSSR count). The minimum absolute atomic E-state index is 0.159. The predicted molar refractivity (Wildman–Crippen MR) is 97.8 cm³/mol. The van der Waals surface area contributed by atoms with Gasteiger partial charge in [0.05, 0.1) is 30.2 Å². The molecule has 2 amide bonds. The lowest BCUT2D eigenvalue weighted by atomic mass is 10.1. The zero-order valence-corrected chi connectivity index (χ0v) is 15.1.